The van der Waals surface area contributed by atoms with E-state index in [1.165, 1.54) is 4.90 Å². The Morgan fingerprint density at radius 2 is 2.64 bits per heavy atom. The standard InChI is InChI=1S/C7H9NO3/c1-2-3-8-6(4-9)5-11-7(8)10/h1,6,9H,3-5H2. The van der Waals surface area contributed by atoms with Crippen LogP contribution in [0.1, 0.15) is 0 Å². The third-order valence-corrected chi connectivity index (χ3v) is 1.55. The molecule has 1 heterocycles. The fourth-order valence-corrected chi connectivity index (χ4v) is 0.933. The van der Waals surface area contributed by atoms with Crippen LogP contribution in [-0.4, -0.2) is 41.9 Å². The molecule has 0 aromatic heterocycles. The average Bonchev–Trinajstić information content (AvgIpc) is 2.34. The summed E-state index contributed by atoms with van der Waals surface area (Å²) in [5, 5.41) is 8.74. The molecule has 4 nitrogen and oxygen atoms in total. The summed E-state index contributed by atoms with van der Waals surface area (Å²) >= 11 is 0. The number of ether oxygens (including phenoxy) is 1. The topological polar surface area (TPSA) is 49.8 Å². The quantitative estimate of drug-likeness (QED) is 0.543. The number of terminal acetylenes is 1. The van der Waals surface area contributed by atoms with Crippen molar-refractivity contribution in [3.05, 3.63) is 0 Å². The van der Waals surface area contributed by atoms with E-state index in [9.17, 15) is 4.79 Å². The number of aliphatic hydroxyl groups is 1. The molecule has 1 rings (SSSR count). The molecule has 4 heteroatoms. The van der Waals surface area contributed by atoms with Gasteiger partial charge in [-0.05, 0) is 0 Å². The number of cyclic esters (lactones) is 1. The largest absolute Gasteiger partial charge is 0.447 e. The van der Waals surface area contributed by atoms with Gasteiger partial charge in [0.1, 0.15) is 6.61 Å². The van der Waals surface area contributed by atoms with Crippen LogP contribution in [0.2, 0.25) is 0 Å². The van der Waals surface area contributed by atoms with Crippen molar-refractivity contribution in [2.45, 2.75) is 6.04 Å². The van der Waals surface area contributed by atoms with Crippen LogP contribution in [0, 0.1) is 12.3 Å². The van der Waals surface area contributed by atoms with E-state index in [0.717, 1.165) is 0 Å². The van der Waals surface area contributed by atoms with Crippen molar-refractivity contribution < 1.29 is 14.6 Å². The van der Waals surface area contributed by atoms with Crippen molar-refractivity contribution in [3.63, 3.8) is 0 Å². The van der Waals surface area contributed by atoms with Crippen molar-refractivity contribution in [2.75, 3.05) is 19.8 Å². The van der Waals surface area contributed by atoms with E-state index in [1.807, 2.05) is 0 Å². The molecule has 1 atom stereocenters. The van der Waals surface area contributed by atoms with Gasteiger partial charge < -0.3 is 9.84 Å². The summed E-state index contributed by atoms with van der Waals surface area (Å²) in [6.07, 6.45) is 4.56. The van der Waals surface area contributed by atoms with Gasteiger partial charge in [0.05, 0.1) is 19.2 Å². The van der Waals surface area contributed by atoms with Gasteiger partial charge in [-0.25, -0.2) is 4.79 Å². The fraction of sp³-hybridized carbons (Fsp3) is 0.571. The number of rotatable bonds is 2. The van der Waals surface area contributed by atoms with Gasteiger partial charge in [-0.3, -0.25) is 4.90 Å². The number of nitrogens with zero attached hydrogens (tertiary/aromatic N) is 1. The van der Waals surface area contributed by atoms with E-state index in [-0.39, 0.29) is 25.8 Å². The third-order valence-electron chi connectivity index (χ3n) is 1.55. The second kappa shape index (κ2) is 3.26. The van der Waals surface area contributed by atoms with Crippen LogP contribution in [0.25, 0.3) is 0 Å². The Morgan fingerprint density at radius 3 is 3.18 bits per heavy atom. The lowest BCUT2D eigenvalue weighted by Crippen LogP contribution is -2.36. The molecule has 1 fully saturated rings. The first-order chi connectivity index (χ1) is 5.29. The molecule has 0 bridgehead atoms. The monoisotopic (exact) mass is 155 g/mol. The molecular formula is C7H9NO3. The third kappa shape index (κ3) is 1.44. The molecule has 1 aliphatic rings. The molecule has 60 valence electrons. The van der Waals surface area contributed by atoms with Crippen molar-refractivity contribution in [2.24, 2.45) is 0 Å². The highest BCUT2D eigenvalue weighted by atomic mass is 16.6. The Kier molecular flexibility index (Phi) is 2.34. The van der Waals surface area contributed by atoms with Crippen LogP contribution in [0.5, 0.6) is 0 Å². The van der Waals surface area contributed by atoms with Crippen molar-refractivity contribution >= 4 is 6.09 Å². The zero-order chi connectivity index (χ0) is 8.27. The first-order valence-electron chi connectivity index (χ1n) is 3.27. The van der Waals surface area contributed by atoms with Gasteiger partial charge in [0.25, 0.3) is 0 Å². The van der Waals surface area contributed by atoms with E-state index in [2.05, 4.69) is 10.7 Å². The molecule has 0 saturated carbocycles. The molecule has 11 heavy (non-hydrogen) atoms. The van der Waals surface area contributed by atoms with Crippen LogP contribution in [0.15, 0.2) is 0 Å². The van der Waals surface area contributed by atoms with E-state index in [4.69, 9.17) is 11.5 Å². The van der Waals surface area contributed by atoms with Gasteiger partial charge >= 0.3 is 6.09 Å². The van der Waals surface area contributed by atoms with Gasteiger partial charge in [-0.2, -0.15) is 0 Å². The highest BCUT2D eigenvalue weighted by Crippen LogP contribution is 2.10. The average molecular weight is 155 g/mol. The van der Waals surface area contributed by atoms with Crippen molar-refractivity contribution in [3.8, 4) is 12.3 Å². The summed E-state index contributed by atoms with van der Waals surface area (Å²) in [5.41, 5.74) is 0. The Hall–Kier alpha value is -1.21. The molecule has 0 spiro atoms. The van der Waals surface area contributed by atoms with Crippen molar-refractivity contribution in [1.82, 2.24) is 4.90 Å². The normalized spacial score (nSPS) is 23.1. The lowest BCUT2D eigenvalue weighted by atomic mass is 10.3. The molecule has 0 radical (unpaired) electrons. The zero-order valence-corrected chi connectivity index (χ0v) is 5.99. The molecule has 0 aromatic carbocycles. The number of hydrogen-bond donors (Lipinski definition) is 1. The summed E-state index contributed by atoms with van der Waals surface area (Å²) in [7, 11) is 0. The lowest BCUT2D eigenvalue weighted by molar-refractivity contribution is 0.159. The SMILES string of the molecule is C#CCN1C(=O)OCC1CO. The number of aliphatic hydroxyl groups excluding tert-OH is 1. The number of amides is 1. The minimum Gasteiger partial charge on any atom is -0.447 e. The molecule has 1 aliphatic heterocycles. The molecule has 1 N–H and O–H groups in total. The predicted octanol–water partition coefficient (Wildman–Crippen LogP) is -0.567. The smallest absolute Gasteiger partial charge is 0.411 e. The summed E-state index contributed by atoms with van der Waals surface area (Å²) in [5.74, 6) is 2.32. The minimum absolute atomic E-state index is 0.104. The fourth-order valence-electron chi connectivity index (χ4n) is 0.933. The first-order valence-corrected chi connectivity index (χ1v) is 3.27. The van der Waals surface area contributed by atoms with Crippen LogP contribution >= 0.6 is 0 Å². The van der Waals surface area contributed by atoms with Crippen molar-refractivity contribution in [1.29, 1.82) is 0 Å². The minimum atomic E-state index is -0.443. The van der Waals surface area contributed by atoms with Crippen LogP contribution < -0.4 is 0 Å². The Bertz CT molecular complexity index is 196. The molecule has 0 aliphatic carbocycles. The Labute approximate surface area is 64.8 Å². The highest BCUT2D eigenvalue weighted by Gasteiger charge is 2.31. The van der Waals surface area contributed by atoms with Gasteiger partial charge in [0.2, 0.25) is 0 Å². The lowest BCUT2D eigenvalue weighted by Gasteiger charge is -2.15. The first kappa shape index (κ1) is 7.89. The molecule has 1 amide bonds. The molecular weight excluding hydrogens is 146 g/mol. The van der Waals surface area contributed by atoms with Crippen LogP contribution in [0.4, 0.5) is 4.79 Å². The maximum atomic E-state index is 10.8. The maximum Gasteiger partial charge on any atom is 0.411 e. The molecule has 0 aromatic rings. The Balaban J connectivity index is 2.57. The Morgan fingerprint density at radius 1 is 1.91 bits per heavy atom. The second-order valence-corrected chi connectivity index (χ2v) is 2.25. The maximum absolute atomic E-state index is 10.8. The number of carbonyl (C=O) groups is 1. The van der Waals surface area contributed by atoms with Crippen LogP contribution in [-0.2, 0) is 4.74 Å². The second-order valence-electron chi connectivity index (χ2n) is 2.25. The number of carbonyl (C=O) groups excluding carboxylic acids is 1. The molecule has 1 saturated heterocycles. The van der Waals surface area contributed by atoms with E-state index in [0.29, 0.717) is 0 Å². The number of hydrogen-bond acceptors (Lipinski definition) is 3. The van der Waals surface area contributed by atoms with E-state index >= 15 is 0 Å². The summed E-state index contributed by atoms with van der Waals surface area (Å²) in [6.45, 7) is 0.328. The van der Waals surface area contributed by atoms with Gasteiger partial charge in [-0.15, -0.1) is 6.42 Å². The van der Waals surface area contributed by atoms with E-state index < -0.39 is 6.09 Å². The van der Waals surface area contributed by atoms with Gasteiger partial charge in [0.15, 0.2) is 0 Å². The summed E-state index contributed by atoms with van der Waals surface area (Å²) in [6, 6.07) is -0.265. The van der Waals surface area contributed by atoms with Gasteiger partial charge in [-0.1, -0.05) is 5.92 Å². The predicted molar refractivity (Wildman–Crippen MR) is 37.8 cm³/mol. The summed E-state index contributed by atoms with van der Waals surface area (Å²) < 4.78 is 4.65. The van der Waals surface area contributed by atoms with Gasteiger partial charge in [0, 0.05) is 0 Å². The van der Waals surface area contributed by atoms with E-state index in [1.54, 1.807) is 0 Å². The molecule has 1 unspecified atom stereocenters. The highest BCUT2D eigenvalue weighted by molar-refractivity contribution is 5.70. The zero-order valence-electron chi connectivity index (χ0n) is 5.99. The summed E-state index contributed by atoms with van der Waals surface area (Å²) in [4.78, 5) is 12.2. The van der Waals surface area contributed by atoms with Crippen LogP contribution in [0.3, 0.4) is 0 Å².